The number of rotatable bonds is 4. The van der Waals surface area contributed by atoms with Crippen LogP contribution in [0.5, 0.6) is 0 Å². The zero-order valence-electron chi connectivity index (χ0n) is 15.4. The summed E-state index contributed by atoms with van der Waals surface area (Å²) in [5, 5.41) is 16.7. The lowest BCUT2D eigenvalue weighted by molar-refractivity contribution is -0.385. The minimum absolute atomic E-state index is 0.0690. The van der Waals surface area contributed by atoms with E-state index in [0.29, 0.717) is 19.6 Å². The van der Waals surface area contributed by atoms with Crippen molar-refractivity contribution in [2.45, 2.75) is 39.2 Å². The van der Waals surface area contributed by atoms with E-state index >= 15 is 0 Å². The number of para-hydroxylation sites is 1. The summed E-state index contributed by atoms with van der Waals surface area (Å²) >= 11 is 0. The number of nitrogens with one attached hydrogen (secondary N) is 2. The molecule has 1 aliphatic rings. The first-order chi connectivity index (χ1) is 12.2. The molecule has 8 heteroatoms. The lowest BCUT2D eigenvalue weighted by Gasteiger charge is -2.34. The van der Waals surface area contributed by atoms with E-state index in [9.17, 15) is 19.7 Å². The van der Waals surface area contributed by atoms with Gasteiger partial charge in [-0.05, 0) is 45.6 Å². The molecule has 26 heavy (non-hydrogen) atoms. The van der Waals surface area contributed by atoms with Gasteiger partial charge in [0.25, 0.3) is 11.6 Å². The first-order valence-electron chi connectivity index (χ1n) is 8.76. The molecule has 0 radical (unpaired) electrons. The van der Waals surface area contributed by atoms with E-state index in [1.54, 1.807) is 11.0 Å². The second-order valence-electron chi connectivity index (χ2n) is 7.59. The van der Waals surface area contributed by atoms with Gasteiger partial charge in [-0.25, -0.2) is 4.79 Å². The number of urea groups is 1. The van der Waals surface area contributed by atoms with Crippen molar-refractivity contribution in [3.05, 3.63) is 39.9 Å². The Balaban J connectivity index is 1.83. The number of amides is 3. The minimum atomic E-state index is -0.554. The number of nitrogens with zero attached hydrogens (tertiary/aromatic N) is 2. The van der Waals surface area contributed by atoms with Crippen LogP contribution >= 0.6 is 0 Å². The van der Waals surface area contributed by atoms with Crippen molar-refractivity contribution < 1.29 is 14.5 Å². The summed E-state index contributed by atoms with van der Waals surface area (Å²) in [6.07, 6.45) is 1.57. The maximum Gasteiger partial charge on any atom is 0.317 e. The molecule has 1 aliphatic heterocycles. The summed E-state index contributed by atoms with van der Waals surface area (Å²) in [7, 11) is 0. The molecule has 3 amide bonds. The Labute approximate surface area is 153 Å². The maximum atomic E-state index is 12.3. The van der Waals surface area contributed by atoms with Crippen LogP contribution in [0.25, 0.3) is 0 Å². The number of nitro groups is 1. The molecule has 1 fully saturated rings. The molecule has 0 atom stereocenters. The summed E-state index contributed by atoms with van der Waals surface area (Å²) in [6, 6.07) is 5.84. The number of nitro benzene ring substituents is 1. The molecular weight excluding hydrogens is 336 g/mol. The first kappa shape index (κ1) is 19.7. The second-order valence-corrected chi connectivity index (χ2v) is 7.59. The third-order valence-corrected chi connectivity index (χ3v) is 4.28. The van der Waals surface area contributed by atoms with Crippen LogP contribution in [0.1, 0.15) is 44.0 Å². The van der Waals surface area contributed by atoms with Crippen LogP contribution in [-0.4, -0.2) is 46.9 Å². The first-order valence-corrected chi connectivity index (χ1v) is 8.76. The number of piperidine rings is 1. The van der Waals surface area contributed by atoms with Crippen molar-refractivity contribution in [3.63, 3.8) is 0 Å². The highest BCUT2D eigenvalue weighted by Gasteiger charge is 2.26. The van der Waals surface area contributed by atoms with Crippen molar-refractivity contribution >= 4 is 17.6 Å². The average Bonchev–Trinajstić information content (AvgIpc) is 2.58. The van der Waals surface area contributed by atoms with Gasteiger partial charge in [0.05, 0.1) is 4.92 Å². The van der Waals surface area contributed by atoms with Crippen LogP contribution in [0.15, 0.2) is 24.3 Å². The quantitative estimate of drug-likeness (QED) is 0.634. The molecule has 2 N–H and O–H groups in total. The Hall–Kier alpha value is -2.64. The van der Waals surface area contributed by atoms with Crippen LogP contribution in [0.4, 0.5) is 10.5 Å². The fourth-order valence-corrected chi connectivity index (χ4v) is 2.90. The highest BCUT2D eigenvalue weighted by molar-refractivity contribution is 5.98. The van der Waals surface area contributed by atoms with E-state index in [0.717, 1.165) is 12.8 Å². The standard InChI is InChI=1S/C18H26N4O4/c1-18(2,3)20-17(24)21-10-8-13(9-11-21)12-19-16(23)14-6-4-5-7-15(14)22(25)26/h4-7,13H,8-12H2,1-3H3,(H,19,23)(H,20,24). The highest BCUT2D eigenvalue weighted by atomic mass is 16.6. The van der Waals surface area contributed by atoms with Crippen molar-refractivity contribution in [1.29, 1.82) is 0 Å². The number of hydrogen-bond donors (Lipinski definition) is 2. The zero-order valence-corrected chi connectivity index (χ0v) is 15.4. The van der Waals surface area contributed by atoms with Crippen molar-refractivity contribution in [2.24, 2.45) is 5.92 Å². The number of benzene rings is 1. The van der Waals surface area contributed by atoms with E-state index in [1.165, 1.54) is 18.2 Å². The minimum Gasteiger partial charge on any atom is -0.352 e. The van der Waals surface area contributed by atoms with Gasteiger partial charge in [-0.2, -0.15) is 0 Å². The zero-order chi connectivity index (χ0) is 19.3. The van der Waals surface area contributed by atoms with Gasteiger partial charge in [-0.3, -0.25) is 14.9 Å². The molecule has 0 saturated carbocycles. The molecule has 0 aromatic heterocycles. The van der Waals surface area contributed by atoms with E-state index in [-0.39, 0.29) is 28.7 Å². The maximum absolute atomic E-state index is 12.3. The molecule has 2 rings (SSSR count). The predicted molar refractivity (Wildman–Crippen MR) is 98.0 cm³/mol. The molecule has 1 saturated heterocycles. The fourth-order valence-electron chi connectivity index (χ4n) is 2.90. The van der Waals surface area contributed by atoms with Crippen LogP contribution in [-0.2, 0) is 0 Å². The van der Waals surface area contributed by atoms with Gasteiger partial charge in [-0.1, -0.05) is 12.1 Å². The van der Waals surface area contributed by atoms with E-state index in [4.69, 9.17) is 0 Å². The summed E-state index contributed by atoms with van der Waals surface area (Å²) < 4.78 is 0. The van der Waals surface area contributed by atoms with Gasteiger partial charge >= 0.3 is 6.03 Å². The lowest BCUT2D eigenvalue weighted by atomic mass is 9.96. The fraction of sp³-hybridized carbons (Fsp3) is 0.556. The number of carbonyl (C=O) groups excluding carboxylic acids is 2. The largest absolute Gasteiger partial charge is 0.352 e. The molecule has 1 aromatic carbocycles. The average molecular weight is 362 g/mol. The topological polar surface area (TPSA) is 105 Å². The van der Waals surface area contributed by atoms with Crippen LogP contribution < -0.4 is 10.6 Å². The second kappa shape index (κ2) is 8.16. The molecule has 0 spiro atoms. The monoisotopic (exact) mass is 362 g/mol. The number of hydrogen-bond acceptors (Lipinski definition) is 4. The van der Waals surface area contributed by atoms with Crippen LogP contribution in [0.3, 0.4) is 0 Å². The van der Waals surface area contributed by atoms with E-state index < -0.39 is 10.8 Å². The SMILES string of the molecule is CC(C)(C)NC(=O)N1CCC(CNC(=O)c2ccccc2[N+](=O)[O-])CC1. The third kappa shape index (κ3) is 5.44. The molecule has 142 valence electrons. The van der Waals surface area contributed by atoms with Crippen molar-refractivity contribution in [3.8, 4) is 0 Å². The Bertz CT molecular complexity index is 676. The van der Waals surface area contributed by atoms with Gasteiger partial charge in [0.1, 0.15) is 5.56 Å². The Morgan fingerprint density at radius 2 is 1.85 bits per heavy atom. The van der Waals surface area contributed by atoms with Crippen LogP contribution in [0, 0.1) is 16.0 Å². The van der Waals surface area contributed by atoms with E-state index in [1.807, 2.05) is 20.8 Å². The van der Waals surface area contributed by atoms with E-state index in [2.05, 4.69) is 10.6 Å². The molecule has 0 aliphatic carbocycles. The molecule has 1 aromatic rings. The van der Waals surface area contributed by atoms with Crippen molar-refractivity contribution in [2.75, 3.05) is 19.6 Å². The predicted octanol–water partition coefficient (Wildman–Crippen LogP) is 2.54. The van der Waals surface area contributed by atoms with Gasteiger partial charge < -0.3 is 15.5 Å². The van der Waals surface area contributed by atoms with Crippen LogP contribution in [0.2, 0.25) is 0 Å². The smallest absolute Gasteiger partial charge is 0.317 e. The highest BCUT2D eigenvalue weighted by Crippen LogP contribution is 2.19. The Morgan fingerprint density at radius 1 is 1.23 bits per heavy atom. The van der Waals surface area contributed by atoms with Gasteiger partial charge in [0.2, 0.25) is 0 Å². The summed E-state index contributed by atoms with van der Waals surface area (Å²) in [6.45, 7) is 7.53. The molecule has 1 heterocycles. The molecular formula is C18H26N4O4. The van der Waals surface area contributed by atoms with Gasteiger partial charge in [0, 0.05) is 31.2 Å². The van der Waals surface area contributed by atoms with Gasteiger partial charge in [-0.15, -0.1) is 0 Å². The summed E-state index contributed by atoms with van der Waals surface area (Å²) in [4.78, 5) is 36.6. The Morgan fingerprint density at radius 3 is 2.42 bits per heavy atom. The lowest BCUT2D eigenvalue weighted by Crippen LogP contribution is -2.51. The Kier molecular flexibility index (Phi) is 6.18. The summed E-state index contributed by atoms with van der Waals surface area (Å²) in [5.41, 5.74) is -0.398. The third-order valence-electron chi connectivity index (χ3n) is 4.28. The number of likely N-dealkylation sites (tertiary alicyclic amines) is 1. The molecule has 0 unspecified atom stereocenters. The molecule has 8 nitrogen and oxygen atoms in total. The number of carbonyl (C=O) groups is 2. The normalized spacial score (nSPS) is 15.4. The van der Waals surface area contributed by atoms with Crippen molar-refractivity contribution in [1.82, 2.24) is 15.5 Å². The summed E-state index contributed by atoms with van der Waals surface area (Å²) in [5.74, 6) is -0.189. The van der Waals surface area contributed by atoms with Gasteiger partial charge in [0.15, 0.2) is 0 Å². The molecule has 0 bridgehead atoms.